The van der Waals surface area contributed by atoms with E-state index in [0.717, 1.165) is 17.0 Å². The molecule has 2 rings (SSSR count). The predicted octanol–water partition coefficient (Wildman–Crippen LogP) is 2.08. The third-order valence-electron chi connectivity index (χ3n) is 2.84. The average Bonchev–Trinajstić information content (AvgIpc) is 3.14. The van der Waals surface area contributed by atoms with E-state index in [9.17, 15) is 4.79 Å². The molecule has 4 heteroatoms. The monoisotopic (exact) mass is 248 g/mol. The van der Waals surface area contributed by atoms with Gasteiger partial charge in [-0.2, -0.15) is 0 Å². The Morgan fingerprint density at radius 2 is 2.22 bits per heavy atom. The van der Waals surface area contributed by atoms with Crippen molar-refractivity contribution in [2.45, 2.75) is 32.7 Å². The largest absolute Gasteiger partial charge is 0.492 e. The highest BCUT2D eigenvalue weighted by atomic mass is 16.5. The third kappa shape index (κ3) is 3.74. The quantitative estimate of drug-likeness (QED) is 0.810. The lowest BCUT2D eigenvalue weighted by molar-refractivity contribution is -0.115. The highest BCUT2D eigenvalue weighted by Gasteiger charge is 2.21. The van der Waals surface area contributed by atoms with Crippen molar-refractivity contribution < 1.29 is 9.53 Å². The molecule has 1 fully saturated rings. The van der Waals surface area contributed by atoms with Crippen LogP contribution in [0.15, 0.2) is 18.2 Å². The van der Waals surface area contributed by atoms with E-state index in [4.69, 9.17) is 4.74 Å². The number of carbonyl (C=O) groups excluding carboxylic acids is 1. The smallest absolute Gasteiger partial charge is 0.238 e. The molecule has 1 saturated carbocycles. The number of aryl methyl sites for hydroxylation is 1. The van der Waals surface area contributed by atoms with E-state index in [1.807, 2.05) is 32.0 Å². The van der Waals surface area contributed by atoms with Crippen LogP contribution in [0.4, 0.5) is 5.69 Å². The first-order valence-corrected chi connectivity index (χ1v) is 6.45. The maximum Gasteiger partial charge on any atom is 0.238 e. The minimum Gasteiger partial charge on any atom is -0.492 e. The molecule has 98 valence electrons. The highest BCUT2D eigenvalue weighted by molar-refractivity contribution is 5.93. The Morgan fingerprint density at radius 3 is 2.89 bits per heavy atom. The number of benzene rings is 1. The van der Waals surface area contributed by atoms with Gasteiger partial charge in [0, 0.05) is 6.04 Å². The molecule has 1 aliphatic rings. The lowest BCUT2D eigenvalue weighted by atomic mass is 10.2. The zero-order valence-corrected chi connectivity index (χ0v) is 11.0. The van der Waals surface area contributed by atoms with Crippen LogP contribution in [-0.2, 0) is 4.79 Å². The van der Waals surface area contributed by atoms with E-state index < -0.39 is 0 Å². The number of ether oxygens (including phenoxy) is 1. The van der Waals surface area contributed by atoms with Crippen LogP contribution in [0, 0.1) is 6.92 Å². The van der Waals surface area contributed by atoms with Gasteiger partial charge in [-0.05, 0) is 44.4 Å². The molecule has 0 bridgehead atoms. The molecule has 0 atom stereocenters. The van der Waals surface area contributed by atoms with E-state index in [-0.39, 0.29) is 5.91 Å². The Morgan fingerprint density at radius 1 is 1.44 bits per heavy atom. The minimum atomic E-state index is -0.0216. The molecule has 18 heavy (non-hydrogen) atoms. The summed E-state index contributed by atoms with van der Waals surface area (Å²) in [5.41, 5.74) is 1.86. The summed E-state index contributed by atoms with van der Waals surface area (Å²) in [6, 6.07) is 6.33. The number of carbonyl (C=O) groups is 1. The van der Waals surface area contributed by atoms with Crippen molar-refractivity contribution in [3.63, 3.8) is 0 Å². The highest BCUT2D eigenvalue weighted by Crippen LogP contribution is 2.25. The van der Waals surface area contributed by atoms with Gasteiger partial charge < -0.3 is 15.4 Å². The molecule has 1 amide bonds. The lowest BCUT2D eigenvalue weighted by Crippen LogP contribution is -2.29. The Bertz CT molecular complexity index is 428. The van der Waals surface area contributed by atoms with Gasteiger partial charge in [0.15, 0.2) is 0 Å². The lowest BCUT2D eigenvalue weighted by Gasteiger charge is -2.12. The van der Waals surface area contributed by atoms with Crippen molar-refractivity contribution >= 4 is 11.6 Å². The van der Waals surface area contributed by atoms with Crippen LogP contribution in [0.25, 0.3) is 0 Å². The first-order chi connectivity index (χ1) is 8.69. The Labute approximate surface area is 108 Å². The van der Waals surface area contributed by atoms with Gasteiger partial charge in [-0.25, -0.2) is 0 Å². The second kappa shape index (κ2) is 5.87. The van der Waals surface area contributed by atoms with Crippen molar-refractivity contribution in [1.29, 1.82) is 0 Å². The Kier molecular flexibility index (Phi) is 4.20. The summed E-state index contributed by atoms with van der Waals surface area (Å²) in [4.78, 5) is 11.8. The van der Waals surface area contributed by atoms with E-state index >= 15 is 0 Å². The number of nitrogens with one attached hydrogen (secondary N) is 2. The van der Waals surface area contributed by atoms with Crippen molar-refractivity contribution in [1.82, 2.24) is 5.32 Å². The summed E-state index contributed by atoms with van der Waals surface area (Å²) in [5, 5.41) is 6.07. The zero-order valence-electron chi connectivity index (χ0n) is 11.0. The second-order valence-electron chi connectivity index (χ2n) is 4.64. The molecule has 0 spiro atoms. The van der Waals surface area contributed by atoms with Gasteiger partial charge in [0.2, 0.25) is 5.91 Å². The van der Waals surface area contributed by atoms with Gasteiger partial charge in [0.25, 0.3) is 0 Å². The predicted molar refractivity (Wildman–Crippen MR) is 72.0 cm³/mol. The standard InChI is InChI=1S/C14H20N2O2/c1-3-18-13-8-10(2)4-7-12(13)16-14(17)9-15-11-5-6-11/h4,7-8,11,15H,3,5-6,9H2,1-2H3,(H,16,17). The van der Waals surface area contributed by atoms with Gasteiger partial charge >= 0.3 is 0 Å². The molecule has 0 radical (unpaired) electrons. The van der Waals surface area contributed by atoms with Crippen LogP contribution in [0.2, 0.25) is 0 Å². The van der Waals surface area contributed by atoms with E-state index in [2.05, 4.69) is 10.6 Å². The minimum absolute atomic E-state index is 0.0216. The second-order valence-corrected chi connectivity index (χ2v) is 4.64. The van der Waals surface area contributed by atoms with E-state index in [1.165, 1.54) is 12.8 Å². The molecular weight excluding hydrogens is 228 g/mol. The van der Waals surface area contributed by atoms with Crippen LogP contribution in [-0.4, -0.2) is 25.1 Å². The normalized spacial score (nSPS) is 14.3. The number of anilines is 1. The average molecular weight is 248 g/mol. The number of hydrogen-bond acceptors (Lipinski definition) is 3. The fourth-order valence-corrected chi connectivity index (χ4v) is 1.73. The molecule has 0 unspecified atom stereocenters. The number of rotatable bonds is 6. The zero-order chi connectivity index (χ0) is 13.0. The molecule has 2 N–H and O–H groups in total. The molecular formula is C14H20N2O2. The molecule has 4 nitrogen and oxygen atoms in total. The Balaban J connectivity index is 1.95. The van der Waals surface area contributed by atoms with Crippen LogP contribution in [0.5, 0.6) is 5.75 Å². The molecule has 0 heterocycles. The van der Waals surface area contributed by atoms with E-state index in [0.29, 0.717) is 19.2 Å². The SMILES string of the molecule is CCOc1cc(C)ccc1NC(=O)CNC1CC1. The summed E-state index contributed by atoms with van der Waals surface area (Å²) in [7, 11) is 0. The summed E-state index contributed by atoms with van der Waals surface area (Å²) in [5.74, 6) is 0.712. The van der Waals surface area contributed by atoms with Crippen molar-refractivity contribution in [2.75, 3.05) is 18.5 Å². The summed E-state index contributed by atoms with van der Waals surface area (Å²) in [6.45, 7) is 4.89. The first-order valence-electron chi connectivity index (χ1n) is 6.45. The van der Waals surface area contributed by atoms with Gasteiger partial charge in [-0.1, -0.05) is 6.07 Å². The van der Waals surface area contributed by atoms with Crippen molar-refractivity contribution in [3.05, 3.63) is 23.8 Å². The Hall–Kier alpha value is -1.55. The first kappa shape index (κ1) is 12.9. The van der Waals surface area contributed by atoms with Gasteiger partial charge in [-0.3, -0.25) is 4.79 Å². The van der Waals surface area contributed by atoms with Gasteiger partial charge in [-0.15, -0.1) is 0 Å². The molecule has 1 aliphatic carbocycles. The fourth-order valence-electron chi connectivity index (χ4n) is 1.73. The third-order valence-corrected chi connectivity index (χ3v) is 2.84. The number of amides is 1. The van der Waals surface area contributed by atoms with Crippen LogP contribution in [0.3, 0.4) is 0 Å². The maximum atomic E-state index is 11.8. The van der Waals surface area contributed by atoms with Crippen molar-refractivity contribution in [2.24, 2.45) is 0 Å². The molecule has 0 saturated heterocycles. The molecule has 0 aromatic heterocycles. The number of hydrogen-bond donors (Lipinski definition) is 2. The summed E-state index contributed by atoms with van der Waals surface area (Å²) < 4.78 is 5.52. The van der Waals surface area contributed by atoms with Gasteiger partial charge in [0.05, 0.1) is 18.8 Å². The molecule has 0 aliphatic heterocycles. The van der Waals surface area contributed by atoms with Crippen LogP contribution < -0.4 is 15.4 Å². The van der Waals surface area contributed by atoms with Crippen LogP contribution in [0.1, 0.15) is 25.3 Å². The van der Waals surface area contributed by atoms with Crippen molar-refractivity contribution in [3.8, 4) is 5.75 Å². The summed E-state index contributed by atoms with van der Waals surface area (Å²) in [6.07, 6.45) is 2.37. The van der Waals surface area contributed by atoms with E-state index in [1.54, 1.807) is 0 Å². The van der Waals surface area contributed by atoms with Gasteiger partial charge in [0.1, 0.15) is 5.75 Å². The molecule has 1 aromatic carbocycles. The van der Waals surface area contributed by atoms with Crippen LogP contribution >= 0.6 is 0 Å². The molecule has 1 aromatic rings. The summed E-state index contributed by atoms with van der Waals surface area (Å²) >= 11 is 0. The fraction of sp³-hybridized carbons (Fsp3) is 0.500. The topological polar surface area (TPSA) is 50.4 Å². The maximum absolute atomic E-state index is 11.8.